The van der Waals surface area contributed by atoms with E-state index in [9.17, 15) is 4.79 Å². The molecule has 0 amide bonds. The Morgan fingerprint density at radius 3 is 2.28 bits per heavy atom. The van der Waals surface area contributed by atoms with Gasteiger partial charge in [0.1, 0.15) is 5.78 Å². The van der Waals surface area contributed by atoms with Crippen molar-refractivity contribution in [3.8, 4) is 0 Å². The van der Waals surface area contributed by atoms with Crippen LogP contribution in [0, 0.1) is 17.8 Å². The summed E-state index contributed by atoms with van der Waals surface area (Å²) in [4.78, 5) is 12.3. The highest BCUT2D eigenvalue weighted by molar-refractivity contribution is 5.83. The van der Waals surface area contributed by atoms with E-state index in [1.807, 2.05) is 6.92 Å². The molecular formula is C16H31NO. The quantitative estimate of drug-likeness (QED) is 0.747. The van der Waals surface area contributed by atoms with Crippen molar-refractivity contribution >= 4 is 5.78 Å². The van der Waals surface area contributed by atoms with Crippen molar-refractivity contribution in [1.29, 1.82) is 0 Å². The molecule has 0 aliphatic heterocycles. The van der Waals surface area contributed by atoms with Crippen molar-refractivity contribution in [2.45, 2.75) is 78.2 Å². The van der Waals surface area contributed by atoms with Gasteiger partial charge in [0.2, 0.25) is 0 Å². The summed E-state index contributed by atoms with van der Waals surface area (Å²) in [6.45, 7) is 6.41. The number of carbonyl (C=O) groups is 1. The molecule has 0 aromatic rings. The molecule has 0 heterocycles. The summed E-state index contributed by atoms with van der Waals surface area (Å²) in [5, 5.41) is 0. The van der Waals surface area contributed by atoms with E-state index in [0.29, 0.717) is 11.7 Å². The van der Waals surface area contributed by atoms with Crippen LogP contribution in [0.5, 0.6) is 0 Å². The SMILES string of the molecule is CCC1CCC(C(=O)C(C)CCCC(C)N)CC1. The summed E-state index contributed by atoms with van der Waals surface area (Å²) < 4.78 is 0. The molecule has 1 aliphatic carbocycles. The van der Waals surface area contributed by atoms with Crippen LogP contribution in [0.2, 0.25) is 0 Å². The first-order valence-electron chi connectivity index (χ1n) is 7.83. The summed E-state index contributed by atoms with van der Waals surface area (Å²) >= 11 is 0. The molecule has 106 valence electrons. The van der Waals surface area contributed by atoms with Crippen molar-refractivity contribution in [2.24, 2.45) is 23.5 Å². The lowest BCUT2D eigenvalue weighted by Gasteiger charge is -2.28. The van der Waals surface area contributed by atoms with Gasteiger partial charge in [0.15, 0.2) is 0 Å². The Morgan fingerprint density at radius 1 is 1.17 bits per heavy atom. The fourth-order valence-corrected chi connectivity index (χ4v) is 3.15. The molecule has 1 rings (SSSR count). The Morgan fingerprint density at radius 2 is 1.78 bits per heavy atom. The third-order valence-electron chi connectivity index (χ3n) is 4.61. The number of Topliss-reactive ketones (excluding diaryl/α,β-unsaturated/α-hetero) is 1. The molecule has 1 saturated carbocycles. The highest BCUT2D eigenvalue weighted by atomic mass is 16.1. The van der Waals surface area contributed by atoms with Crippen LogP contribution in [0.15, 0.2) is 0 Å². The molecule has 2 heteroatoms. The van der Waals surface area contributed by atoms with E-state index in [0.717, 1.165) is 38.0 Å². The van der Waals surface area contributed by atoms with Crippen molar-refractivity contribution in [1.82, 2.24) is 0 Å². The van der Waals surface area contributed by atoms with Gasteiger partial charge in [-0.2, -0.15) is 0 Å². The average molecular weight is 253 g/mol. The summed E-state index contributed by atoms with van der Waals surface area (Å²) in [5.41, 5.74) is 5.74. The lowest BCUT2D eigenvalue weighted by molar-refractivity contribution is -0.127. The summed E-state index contributed by atoms with van der Waals surface area (Å²) in [5.74, 6) is 2.00. The Hall–Kier alpha value is -0.370. The Kier molecular flexibility index (Phi) is 6.91. The van der Waals surface area contributed by atoms with Crippen LogP contribution in [-0.4, -0.2) is 11.8 Å². The Bertz CT molecular complexity index is 241. The molecule has 2 N–H and O–H groups in total. The van der Waals surface area contributed by atoms with E-state index in [-0.39, 0.29) is 12.0 Å². The molecule has 2 nitrogen and oxygen atoms in total. The van der Waals surface area contributed by atoms with Crippen LogP contribution in [0.4, 0.5) is 0 Å². The molecule has 1 aliphatic rings. The molecule has 2 atom stereocenters. The topological polar surface area (TPSA) is 43.1 Å². The highest BCUT2D eigenvalue weighted by Crippen LogP contribution is 2.33. The van der Waals surface area contributed by atoms with Crippen LogP contribution in [0.25, 0.3) is 0 Å². The molecule has 2 unspecified atom stereocenters. The van der Waals surface area contributed by atoms with Gasteiger partial charge in [0, 0.05) is 17.9 Å². The first kappa shape index (κ1) is 15.7. The number of hydrogen-bond donors (Lipinski definition) is 1. The summed E-state index contributed by atoms with van der Waals surface area (Å²) in [6, 6.07) is 0.271. The molecule has 18 heavy (non-hydrogen) atoms. The molecule has 1 fully saturated rings. The second kappa shape index (κ2) is 7.93. The monoisotopic (exact) mass is 253 g/mol. The highest BCUT2D eigenvalue weighted by Gasteiger charge is 2.28. The third kappa shape index (κ3) is 5.09. The molecule has 0 spiro atoms. The maximum absolute atomic E-state index is 12.3. The minimum absolute atomic E-state index is 0.243. The van der Waals surface area contributed by atoms with Crippen LogP contribution < -0.4 is 5.73 Å². The zero-order chi connectivity index (χ0) is 13.5. The fourth-order valence-electron chi connectivity index (χ4n) is 3.15. The summed E-state index contributed by atoms with van der Waals surface area (Å²) in [7, 11) is 0. The largest absolute Gasteiger partial charge is 0.328 e. The number of carbonyl (C=O) groups excluding carboxylic acids is 1. The van der Waals surface area contributed by atoms with Gasteiger partial charge in [-0.05, 0) is 51.4 Å². The van der Waals surface area contributed by atoms with Gasteiger partial charge < -0.3 is 5.73 Å². The smallest absolute Gasteiger partial charge is 0.138 e. The zero-order valence-electron chi connectivity index (χ0n) is 12.5. The van der Waals surface area contributed by atoms with Gasteiger partial charge in [0.05, 0.1) is 0 Å². The number of rotatable bonds is 7. The van der Waals surface area contributed by atoms with Crippen LogP contribution in [0.3, 0.4) is 0 Å². The molecular weight excluding hydrogens is 222 g/mol. The van der Waals surface area contributed by atoms with Crippen molar-refractivity contribution in [3.63, 3.8) is 0 Å². The summed E-state index contributed by atoms with van der Waals surface area (Å²) in [6.07, 6.45) is 9.23. The third-order valence-corrected chi connectivity index (χ3v) is 4.61. The van der Waals surface area contributed by atoms with E-state index in [2.05, 4.69) is 13.8 Å². The number of nitrogens with two attached hydrogens (primary N) is 1. The minimum Gasteiger partial charge on any atom is -0.328 e. The predicted octanol–water partition coefficient (Wildman–Crippen LogP) is 3.93. The van der Waals surface area contributed by atoms with E-state index in [1.54, 1.807) is 0 Å². The Labute approximate surface area is 113 Å². The van der Waals surface area contributed by atoms with Crippen LogP contribution in [-0.2, 0) is 4.79 Å². The number of ketones is 1. The molecule has 0 saturated heterocycles. The van der Waals surface area contributed by atoms with Crippen LogP contribution >= 0.6 is 0 Å². The van der Waals surface area contributed by atoms with E-state index < -0.39 is 0 Å². The van der Waals surface area contributed by atoms with Gasteiger partial charge >= 0.3 is 0 Å². The average Bonchev–Trinajstić information content (AvgIpc) is 2.37. The van der Waals surface area contributed by atoms with Crippen molar-refractivity contribution < 1.29 is 4.79 Å². The van der Waals surface area contributed by atoms with Gasteiger partial charge in [-0.25, -0.2) is 0 Å². The van der Waals surface area contributed by atoms with Crippen molar-refractivity contribution in [2.75, 3.05) is 0 Å². The number of hydrogen-bond acceptors (Lipinski definition) is 2. The Balaban J connectivity index is 2.26. The molecule has 0 bridgehead atoms. The van der Waals surface area contributed by atoms with Crippen molar-refractivity contribution in [3.05, 3.63) is 0 Å². The normalized spacial score (nSPS) is 27.8. The van der Waals surface area contributed by atoms with Gasteiger partial charge in [0.25, 0.3) is 0 Å². The van der Waals surface area contributed by atoms with Crippen LogP contribution in [0.1, 0.15) is 72.1 Å². The predicted molar refractivity (Wildman–Crippen MR) is 77.4 cm³/mol. The molecule has 0 radical (unpaired) electrons. The minimum atomic E-state index is 0.243. The lowest BCUT2D eigenvalue weighted by atomic mass is 9.76. The second-order valence-corrected chi connectivity index (χ2v) is 6.34. The maximum Gasteiger partial charge on any atom is 0.138 e. The first-order valence-corrected chi connectivity index (χ1v) is 7.83. The van der Waals surface area contributed by atoms with Gasteiger partial charge in [-0.15, -0.1) is 0 Å². The van der Waals surface area contributed by atoms with Gasteiger partial charge in [-0.1, -0.05) is 26.7 Å². The van der Waals surface area contributed by atoms with E-state index >= 15 is 0 Å². The second-order valence-electron chi connectivity index (χ2n) is 6.34. The first-order chi connectivity index (χ1) is 8.54. The van der Waals surface area contributed by atoms with E-state index in [1.165, 1.54) is 19.3 Å². The van der Waals surface area contributed by atoms with Gasteiger partial charge in [-0.3, -0.25) is 4.79 Å². The fraction of sp³-hybridized carbons (Fsp3) is 0.938. The zero-order valence-corrected chi connectivity index (χ0v) is 12.5. The molecule has 0 aromatic heterocycles. The standard InChI is InChI=1S/C16H31NO/c1-4-14-8-10-15(11-9-14)16(18)12(2)6-5-7-13(3)17/h12-15H,4-11,17H2,1-3H3. The lowest BCUT2D eigenvalue weighted by Crippen LogP contribution is -2.26. The van der Waals surface area contributed by atoms with E-state index in [4.69, 9.17) is 5.73 Å². The maximum atomic E-state index is 12.3. The molecule has 0 aromatic carbocycles.